The van der Waals surface area contributed by atoms with Gasteiger partial charge in [0.25, 0.3) is 5.91 Å². The lowest BCUT2D eigenvalue weighted by molar-refractivity contribution is 0.0762. The highest BCUT2D eigenvalue weighted by Crippen LogP contribution is 2.36. The maximum atomic E-state index is 13.2. The van der Waals surface area contributed by atoms with E-state index < -0.39 is 0 Å². The molecule has 128 valence electrons. The van der Waals surface area contributed by atoms with Gasteiger partial charge in [-0.1, -0.05) is 30.3 Å². The summed E-state index contributed by atoms with van der Waals surface area (Å²) in [4.78, 5) is 20.6. The molecule has 0 atom stereocenters. The van der Waals surface area contributed by atoms with E-state index >= 15 is 0 Å². The standard InChI is InChI=1S/C20H20N2O2S/c1-2-22(13-14-10-11-14)20(23)18-17(15-7-4-3-5-8-15)21-19(25-18)16-9-6-12-24-16/h3-9,12,14H,2,10-11,13H2,1H3. The number of benzene rings is 1. The van der Waals surface area contributed by atoms with E-state index in [1.165, 1.54) is 24.2 Å². The third kappa shape index (κ3) is 3.37. The van der Waals surface area contributed by atoms with Crippen LogP contribution in [0.15, 0.2) is 53.1 Å². The molecular formula is C20H20N2O2S. The van der Waals surface area contributed by atoms with Crippen molar-refractivity contribution in [3.05, 3.63) is 53.6 Å². The fourth-order valence-corrected chi connectivity index (χ4v) is 3.90. The first kappa shape index (κ1) is 16.1. The summed E-state index contributed by atoms with van der Waals surface area (Å²) < 4.78 is 5.49. The minimum atomic E-state index is 0.0727. The van der Waals surface area contributed by atoms with Gasteiger partial charge in [0.15, 0.2) is 10.8 Å². The van der Waals surface area contributed by atoms with Gasteiger partial charge < -0.3 is 9.32 Å². The van der Waals surface area contributed by atoms with Crippen molar-refractivity contribution in [2.24, 2.45) is 5.92 Å². The van der Waals surface area contributed by atoms with Crippen LogP contribution in [0.2, 0.25) is 0 Å². The van der Waals surface area contributed by atoms with Gasteiger partial charge in [0.1, 0.15) is 4.88 Å². The van der Waals surface area contributed by atoms with E-state index in [0.717, 1.165) is 29.4 Å². The lowest BCUT2D eigenvalue weighted by atomic mass is 10.1. The van der Waals surface area contributed by atoms with Gasteiger partial charge in [0.2, 0.25) is 0 Å². The zero-order chi connectivity index (χ0) is 17.2. The zero-order valence-electron chi connectivity index (χ0n) is 14.1. The van der Waals surface area contributed by atoms with Crippen LogP contribution in [0.1, 0.15) is 29.4 Å². The summed E-state index contributed by atoms with van der Waals surface area (Å²) in [5, 5.41) is 0.745. The van der Waals surface area contributed by atoms with Crippen molar-refractivity contribution in [1.29, 1.82) is 0 Å². The van der Waals surface area contributed by atoms with Gasteiger partial charge in [-0.2, -0.15) is 0 Å². The summed E-state index contributed by atoms with van der Waals surface area (Å²) in [5.41, 5.74) is 1.71. The fourth-order valence-electron chi connectivity index (χ4n) is 2.87. The average molecular weight is 352 g/mol. The van der Waals surface area contributed by atoms with Gasteiger partial charge in [-0.25, -0.2) is 4.98 Å². The molecule has 1 aliphatic carbocycles. The van der Waals surface area contributed by atoms with Crippen molar-refractivity contribution in [3.63, 3.8) is 0 Å². The Labute approximate surface area is 151 Å². The van der Waals surface area contributed by atoms with Gasteiger partial charge in [-0.3, -0.25) is 4.79 Å². The van der Waals surface area contributed by atoms with Crippen LogP contribution in [0.5, 0.6) is 0 Å². The number of furan rings is 1. The minimum Gasteiger partial charge on any atom is -0.462 e. The van der Waals surface area contributed by atoms with Crippen LogP contribution in [-0.4, -0.2) is 28.9 Å². The van der Waals surface area contributed by atoms with Gasteiger partial charge >= 0.3 is 0 Å². The molecule has 0 saturated heterocycles. The van der Waals surface area contributed by atoms with E-state index in [-0.39, 0.29) is 5.91 Å². The van der Waals surface area contributed by atoms with Crippen LogP contribution in [0.4, 0.5) is 0 Å². The Kier molecular flexibility index (Phi) is 4.40. The molecule has 4 nitrogen and oxygen atoms in total. The second-order valence-electron chi connectivity index (χ2n) is 6.33. The first-order chi connectivity index (χ1) is 12.3. The van der Waals surface area contributed by atoms with E-state index in [4.69, 9.17) is 9.40 Å². The smallest absolute Gasteiger partial charge is 0.266 e. The number of thiazole rings is 1. The number of nitrogens with zero attached hydrogens (tertiary/aromatic N) is 2. The quantitative estimate of drug-likeness (QED) is 0.631. The molecule has 4 rings (SSSR count). The lowest BCUT2D eigenvalue weighted by Gasteiger charge is -2.20. The van der Waals surface area contributed by atoms with Crippen LogP contribution < -0.4 is 0 Å². The molecule has 5 heteroatoms. The predicted octanol–water partition coefficient (Wildman–Crippen LogP) is 4.94. The van der Waals surface area contributed by atoms with Crippen molar-refractivity contribution in [2.45, 2.75) is 19.8 Å². The second kappa shape index (κ2) is 6.84. The molecule has 2 aromatic heterocycles. The Morgan fingerprint density at radius 3 is 2.68 bits per heavy atom. The molecule has 0 unspecified atom stereocenters. The van der Waals surface area contributed by atoms with Gasteiger partial charge in [-0.15, -0.1) is 11.3 Å². The van der Waals surface area contributed by atoms with Crippen molar-refractivity contribution in [1.82, 2.24) is 9.88 Å². The van der Waals surface area contributed by atoms with E-state index in [2.05, 4.69) is 0 Å². The molecule has 0 N–H and O–H groups in total. The molecule has 0 spiro atoms. The number of carbonyl (C=O) groups excluding carboxylic acids is 1. The summed E-state index contributed by atoms with van der Waals surface area (Å²) in [6.07, 6.45) is 4.09. The Hall–Kier alpha value is -2.40. The molecule has 25 heavy (non-hydrogen) atoms. The van der Waals surface area contributed by atoms with Gasteiger partial charge in [0, 0.05) is 18.7 Å². The number of hydrogen-bond acceptors (Lipinski definition) is 4. The Morgan fingerprint density at radius 1 is 1.24 bits per heavy atom. The maximum absolute atomic E-state index is 13.2. The fraction of sp³-hybridized carbons (Fsp3) is 0.300. The number of rotatable bonds is 6. The van der Waals surface area contributed by atoms with Crippen molar-refractivity contribution in [3.8, 4) is 22.0 Å². The predicted molar refractivity (Wildman–Crippen MR) is 99.6 cm³/mol. The topological polar surface area (TPSA) is 46.3 Å². The van der Waals surface area contributed by atoms with Gasteiger partial charge in [-0.05, 0) is 37.8 Å². The molecule has 0 bridgehead atoms. The number of hydrogen-bond donors (Lipinski definition) is 0. The molecule has 1 saturated carbocycles. The summed E-state index contributed by atoms with van der Waals surface area (Å²) in [6.45, 7) is 3.60. The molecule has 0 radical (unpaired) electrons. The normalized spacial score (nSPS) is 13.8. The van der Waals surface area contributed by atoms with E-state index in [0.29, 0.717) is 16.6 Å². The number of amides is 1. The van der Waals surface area contributed by atoms with Gasteiger partial charge in [0.05, 0.1) is 12.0 Å². The van der Waals surface area contributed by atoms with E-state index in [1.807, 2.05) is 54.3 Å². The summed E-state index contributed by atoms with van der Waals surface area (Å²) in [6, 6.07) is 13.6. The molecule has 1 aliphatic rings. The van der Waals surface area contributed by atoms with E-state index in [9.17, 15) is 4.79 Å². The lowest BCUT2D eigenvalue weighted by Crippen LogP contribution is -2.32. The summed E-state index contributed by atoms with van der Waals surface area (Å²) in [5.74, 6) is 1.44. The second-order valence-corrected chi connectivity index (χ2v) is 7.33. The number of carbonyl (C=O) groups is 1. The largest absolute Gasteiger partial charge is 0.462 e. The third-order valence-electron chi connectivity index (χ3n) is 4.45. The molecule has 3 aromatic rings. The third-order valence-corrected chi connectivity index (χ3v) is 5.50. The van der Waals surface area contributed by atoms with Crippen LogP contribution in [0.25, 0.3) is 22.0 Å². The Balaban J connectivity index is 1.75. The SMILES string of the molecule is CCN(CC1CC1)C(=O)c1sc(-c2ccco2)nc1-c1ccccc1. The highest BCUT2D eigenvalue weighted by molar-refractivity contribution is 7.17. The first-order valence-electron chi connectivity index (χ1n) is 8.65. The molecule has 1 aromatic carbocycles. The monoisotopic (exact) mass is 352 g/mol. The summed E-state index contributed by atoms with van der Waals surface area (Å²) in [7, 11) is 0. The molecule has 2 heterocycles. The van der Waals surface area contributed by atoms with Crippen molar-refractivity contribution in [2.75, 3.05) is 13.1 Å². The number of aromatic nitrogens is 1. The van der Waals surface area contributed by atoms with Crippen molar-refractivity contribution >= 4 is 17.2 Å². The summed E-state index contributed by atoms with van der Waals surface area (Å²) >= 11 is 1.42. The zero-order valence-corrected chi connectivity index (χ0v) is 15.0. The van der Waals surface area contributed by atoms with Crippen LogP contribution >= 0.6 is 11.3 Å². The van der Waals surface area contributed by atoms with E-state index in [1.54, 1.807) is 6.26 Å². The highest BCUT2D eigenvalue weighted by Gasteiger charge is 2.29. The van der Waals surface area contributed by atoms with Crippen molar-refractivity contribution < 1.29 is 9.21 Å². The highest BCUT2D eigenvalue weighted by atomic mass is 32.1. The minimum absolute atomic E-state index is 0.0727. The Morgan fingerprint density at radius 2 is 2.04 bits per heavy atom. The molecule has 1 fully saturated rings. The molecule has 1 amide bonds. The average Bonchev–Trinajstić information content (AvgIpc) is 3.13. The molecule has 0 aliphatic heterocycles. The first-order valence-corrected chi connectivity index (χ1v) is 9.47. The van der Waals surface area contributed by atoms with Crippen LogP contribution in [0.3, 0.4) is 0 Å². The molecular weight excluding hydrogens is 332 g/mol. The maximum Gasteiger partial charge on any atom is 0.266 e. The van der Waals surface area contributed by atoms with Crippen LogP contribution in [0, 0.1) is 5.92 Å². The van der Waals surface area contributed by atoms with Crippen LogP contribution in [-0.2, 0) is 0 Å². The Bertz CT molecular complexity index is 851.